The van der Waals surface area contributed by atoms with Crippen LogP contribution >= 0.6 is 0 Å². The Labute approximate surface area is 344 Å². The van der Waals surface area contributed by atoms with Gasteiger partial charge in [0.1, 0.15) is 29.6 Å². The van der Waals surface area contributed by atoms with Gasteiger partial charge in [0.2, 0.25) is 0 Å². The van der Waals surface area contributed by atoms with E-state index in [4.69, 9.17) is 47.4 Å². The molecule has 0 saturated heterocycles. The van der Waals surface area contributed by atoms with Crippen molar-refractivity contribution in [3.63, 3.8) is 0 Å². The number of hydrogen-bond acceptors (Lipinski definition) is 10. The molecule has 0 spiro atoms. The zero-order valence-electron chi connectivity index (χ0n) is 34.8. The first-order valence-corrected chi connectivity index (χ1v) is 19.3. The fraction of sp³-hybridized carbons (Fsp3) is 0.333. The van der Waals surface area contributed by atoms with E-state index < -0.39 is 0 Å². The largest absolute Gasteiger partial charge is 0.497 e. The van der Waals surface area contributed by atoms with Crippen molar-refractivity contribution in [1.82, 2.24) is 0 Å². The van der Waals surface area contributed by atoms with E-state index in [0.29, 0.717) is 85.3 Å². The Morgan fingerprint density at radius 3 is 1.55 bits per heavy atom. The van der Waals surface area contributed by atoms with Gasteiger partial charge >= 0.3 is 0 Å². The lowest BCUT2D eigenvalue weighted by molar-refractivity contribution is 0.0544. The van der Waals surface area contributed by atoms with E-state index in [1.807, 2.05) is 97.1 Å². The maximum absolute atomic E-state index is 6.58. The van der Waals surface area contributed by atoms with Gasteiger partial charge in [-0.2, -0.15) is 0 Å². The second-order valence-electron chi connectivity index (χ2n) is 12.8. The number of ether oxygens (including phenoxy) is 10. The first-order valence-electron chi connectivity index (χ1n) is 19.3. The molecule has 0 aliphatic heterocycles. The van der Waals surface area contributed by atoms with E-state index in [1.165, 1.54) is 0 Å². The second kappa shape index (κ2) is 24.7. The van der Waals surface area contributed by atoms with Crippen LogP contribution in [-0.4, -0.2) is 82.3 Å². The molecule has 10 nitrogen and oxygen atoms in total. The molecular weight excluding hydrogens is 737 g/mol. The topological polar surface area (TPSA) is 92.3 Å². The van der Waals surface area contributed by atoms with Crippen molar-refractivity contribution >= 4 is 24.3 Å². The van der Waals surface area contributed by atoms with E-state index in [2.05, 4.69) is 13.2 Å². The first-order chi connectivity index (χ1) is 28.5. The van der Waals surface area contributed by atoms with Gasteiger partial charge in [-0.3, -0.25) is 0 Å². The van der Waals surface area contributed by atoms with Crippen LogP contribution in [0.1, 0.15) is 47.9 Å². The smallest absolute Gasteiger partial charge is 0.172 e. The molecule has 4 rings (SSSR count). The average Bonchev–Trinajstić information content (AvgIpc) is 3.26. The Balaban J connectivity index is 1.92. The van der Waals surface area contributed by atoms with Gasteiger partial charge in [-0.1, -0.05) is 48.6 Å². The maximum atomic E-state index is 6.58. The number of unbranched alkanes of at least 4 members (excludes halogenated alkanes) is 2. The van der Waals surface area contributed by atoms with Crippen molar-refractivity contribution < 1.29 is 47.4 Å². The van der Waals surface area contributed by atoms with Crippen LogP contribution in [0.4, 0.5) is 0 Å². The van der Waals surface area contributed by atoms with Crippen molar-refractivity contribution in [2.45, 2.75) is 25.7 Å². The predicted octanol–water partition coefficient (Wildman–Crippen LogP) is 10.5. The zero-order valence-corrected chi connectivity index (χ0v) is 34.8. The summed E-state index contributed by atoms with van der Waals surface area (Å²) < 4.78 is 59.5. The summed E-state index contributed by atoms with van der Waals surface area (Å²) in [6.45, 7) is 10.2. The molecular formula is C48H58O10. The molecule has 0 aromatic heterocycles. The number of benzene rings is 4. The maximum Gasteiger partial charge on any atom is 0.172 e. The van der Waals surface area contributed by atoms with Gasteiger partial charge < -0.3 is 47.4 Å². The number of rotatable bonds is 27. The highest BCUT2D eigenvalue weighted by Crippen LogP contribution is 2.51. The van der Waals surface area contributed by atoms with Gasteiger partial charge in [-0.05, 0) is 85.4 Å². The van der Waals surface area contributed by atoms with Gasteiger partial charge in [-0.25, -0.2) is 0 Å². The molecule has 0 amide bonds. The fourth-order valence-electron chi connectivity index (χ4n) is 6.01. The summed E-state index contributed by atoms with van der Waals surface area (Å²) in [4.78, 5) is 0. The Morgan fingerprint density at radius 1 is 0.483 bits per heavy atom. The van der Waals surface area contributed by atoms with Crippen LogP contribution in [0.15, 0.2) is 86.0 Å². The standard InChI is InChI=1S/C48H58O10/c1-9-11-13-27-57-47-40(25-17-35-15-21-38(50-4)22-16-35)45(53-7)48(58-28-14-12-10-2)41(46(47)54-8)26-20-37-33-44(52-6)42(36-18-23-39(51-5)24-19-36)34-43(37)56-32-31-55-30-29-49-3/h9-10,15-26,33-34H,1-2,11-14,27-32H2,3-8H3/b25-17+,26-20+. The molecule has 0 heterocycles. The van der Waals surface area contributed by atoms with Crippen LogP contribution in [0.25, 0.3) is 35.4 Å². The molecule has 58 heavy (non-hydrogen) atoms. The van der Waals surface area contributed by atoms with Crippen LogP contribution in [0, 0.1) is 0 Å². The number of allylic oxidation sites excluding steroid dienone is 2. The summed E-state index contributed by atoms with van der Waals surface area (Å²) >= 11 is 0. The molecule has 0 fully saturated rings. The van der Waals surface area contributed by atoms with E-state index in [9.17, 15) is 0 Å². The molecule has 310 valence electrons. The molecule has 0 N–H and O–H groups in total. The summed E-state index contributed by atoms with van der Waals surface area (Å²) in [6.07, 6.45) is 14.7. The fourth-order valence-corrected chi connectivity index (χ4v) is 6.01. The third kappa shape index (κ3) is 12.6. The zero-order chi connectivity index (χ0) is 41.5. The minimum Gasteiger partial charge on any atom is -0.497 e. The van der Waals surface area contributed by atoms with Crippen LogP contribution in [0.5, 0.6) is 46.0 Å². The molecule has 0 saturated carbocycles. The Bertz CT molecular complexity index is 1930. The first kappa shape index (κ1) is 44.9. The summed E-state index contributed by atoms with van der Waals surface area (Å²) in [5, 5.41) is 0. The third-order valence-corrected chi connectivity index (χ3v) is 9.03. The van der Waals surface area contributed by atoms with Crippen molar-refractivity contribution in [1.29, 1.82) is 0 Å². The lowest BCUT2D eigenvalue weighted by atomic mass is 9.99. The van der Waals surface area contributed by atoms with Crippen molar-refractivity contribution in [3.05, 3.63) is 108 Å². The third-order valence-electron chi connectivity index (χ3n) is 9.03. The monoisotopic (exact) mass is 794 g/mol. The molecule has 4 aromatic rings. The average molecular weight is 795 g/mol. The van der Waals surface area contributed by atoms with Crippen LogP contribution in [-0.2, 0) is 9.47 Å². The van der Waals surface area contributed by atoms with Crippen LogP contribution in [0.3, 0.4) is 0 Å². The summed E-state index contributed by atoms with van der Waals surface area (Å²) in [5.74, 6) is 4.81. The second-order valence-corrected chi connectivity index (χ2v) is 12.8. The van der Waals surface area contributed by atoms with Crippen LogP contribution in [0.2, 0.25) is 0 Å². The Kier molecular flexibility index (Phi) is 19.1. The van der Waals surface area contributed by atoms with E-state index in [-0.39, 0.29) is 0 Å². The minimum atomic E-state index is 0.311. The summed E-state index contributed by atoms with van der Waals surface area (Å²) in [6, 6.07) is 19.5. The van der Waals surface area contributed by atoms with Crippen LogP contribution < -0.4 is 37.9 Å². The molecule has 10 heteroatoms. The van der Waals surface area contributed by atoms with Gasteiger partial charge in [0.05, 0.1) is 79.7 Å². The van der Waals surface area contributed by atoms with Gasteiger partial charge in [0, 0.05) is 18.2 Å². The highest BCUT2D eigenvalue weighted by molar-refractivity contribution is 5.89. The van der Waals surface area contributed by atoms with Crippen molar-refractivity contribution in [2.24, 2.45) is 0 Å². The van der Waals surface area contributed by atoms with E-state index in [1.54, 1.807) is 42.7 Å². The van der Waals surface area contributed by atoms with Gasteiger partial charge in [0.15, 0.2) is 23.0 Å². The molecule has 0 unspecified atom stereocenters. The molecule has 0 atom stereocenters. The molecule has 0 bridgehead atoms. The van der Waals surface area contributed by atoms with Gasteiger partial charge in [-0.15, -0.1) is 13.2 Å². The van der Waals surface area contributed by atoms with E-state index >= 15 is 0 Å². The molecule has 0 aliphatic rings. The van der Waals surface area contributed by atoms with E-state index in [0.717, 1.165) is 59.4 Å². The predicted molar refractivity (Wildman–Crippen MR) is 233 cm³/mol. The normalized spacial score (nSPS) is 11.1. The van der Waals surface area contributed by atoms with Gasteiger partial charge in [0.25, 0.3) is 0 Å². The van der Waals surface area contributed by atoms with Crippen molar-refractivity contribution in [2.75, 3.05) is 82.3 Å². The summed E-state index contributed by atoms with van der Waals surface area (Å²) in [5.41, 5.74) is 4.80. The lowest BCUT2D eigenvalue weighted by Crippen LogP contribution is -2.10. The highest BCUT2D eigenvalue weighted by Gasteiger charge is 2.26. The quantitative estimate of drug-likeness (QED) is 0.0330. The molecule has 4 aromatic carbocycles. The van der Waals surface area contributed by atoms with Crippen molar-refractivity contribution in [3.8, 4) is 57.1 Å². The lowest BCUT2D eigenvalue weighted by Gasteiger charge is -2.23. The summed E-state index contributed by atoms with van der Waals surface area (Å²) in [7, 11) is 9.83. The SMILES string of the molecule is C=CCCCOc1c(/C=C/c2ccc(OC)cc2)c(OC)c(OCCCC=C)c(/C=C/c2cc(OC)c(-c3ccc(OC)cc3)cc2OCCOCCOC)c1OC. The Hall–Kier alpha value is -5.84. The Morgan fingerprint density at radius 2 is 1.03 bits per heavy atom. The number of hydrogen-bond donors (Lipinski definition) is 0. The molecule has 0 aliphatic carbocycles. The molecule has 0 radical (unpaired) electrons. The minimum absolute atomic E-state index is 0.311. The highest BCUT2D eigenvalue weighted by atomic mass is 16.5. The number of methoxy groups -OCH3 is 6.